The first-order valence-corrected chi connectivity index (χ1v) is 9.02. The molecule has 0 radical (unpaired) electrons. The van der Waals surface area contributed by atoms with Gasteiger partial charge in [-0.1, -0.05) is 30.3 Å². The SMILES string of the molecule is CSCC(C)(O)CNC(=O)C1(c2ccccc2)CCOCC1. The van der Waals surface area contributed by atoms with E-state index in [1.165, 1.54) is 0 Å². The topological polar surface area (TPSA) is 58.6 Å². The van der Waals surface area contributed by atoms with Crippen molar-refractivity contribution >= 4 is 17.7 Å². The van der Waals surface area contributed by atoms with E-state index in [1.54, 1.807) is 18.7 Å². The highest BCUT2D eigenvalue weighted by Crippen LogP contribution is 2.35. The third-order valence-electron chi connectivity index (χ3n) is 4.19. The van der Waals surface area contributed by atoms with Crippen molar-refractivity contribution in [3.63, 3.8) is 0 Å². The van der Waals surface area contributed by atoms with Crippen molar-refractivity contribution in [2.75, 3.05) is 31.8 Å². The Morgan fingerprint density at radius 2 is 2.00 bits per heavy atom. The van der Waals surface area contributed by atoms with Gasteiger partial charge in [-0.2, -0.15) is 11.8 Å². The minimum absolute atomic E-state index is 0.0108. The quantitative estimate of drug-likeness (QED) is 0.840. The van der Waals surface area contributed by atoms with Gasteiger partial charge in [0.15, 0.2) is 0 Å². The summed E-state index contributed by atoms with van der Waals surface area (Å²) in [7, 11) is 0. The predicted molar refractivity (Wildman–Crippen MR) is 90.2 cm³/mol. The molecule has 1 heterocycles. The third-order valence-corrected chi connectivity index (χ3v) is 5.10. The molecule has 0 spiro atoms. The number of hydrogen-bond acceptors (Lipinski definition) is 4. The van der Waals surface area contributed by atoms with Crippen LogP contribution >= 0.6 is 11.8 Å². The molecule has 1 aromatic carbocycles. The molecule has 1 saturated heterocycles. The van der Waals surface area contributed by atoms with E-state index in [2.05, 4.69) is 5.32 Å². The Morgan fingerprint density at radius 1 is 1.36 bits per heavy atom. The largest absolute Gasteiger partial charge is 0.387 e. The molecule has 1 unspecified atom stereocenters. The van der Waals surface area contributed by atoms with Crippen molar-refractivity contribution in [2.24, 2.45) is 0 Å². The number of aliphatic hydroxyl groups is 1. The maximum atomic E-state index is 12.9. The van der Waals surface area contributed by atoms with Crippen molar-refractivity contribution in [3.8, 4) is 0 Å². The Hall–Kier alpha value is -1.04. The highest BCUT2D eigenvalue weighted by molar-refractivity contribution is 7.98. The lowest BCUT2D eigenvalue weighted by molar-refractivity contribution is -0.131. The van der Waals surface area contributed by atoms with Gasteiger partial charge in [0.05, 0.1) is 11.0 Å². The summed E-state index contributed by atoms with van der Waals surface area (Å²) >= 11 is 1.57. The van der Waals surface area contributed by atoms with Crippen LogP contribution in [0.3, 0.4) is 0 Å². The van der Waals surface area contributed by atoms with Crippen LogP contribution in [0.15, 0.2) is 30.3 Å². The van der Waals surface area contributed by atoms with E-state index in [0.29, 0.717) is 31.8 Å². The van der Waals surface area contributed by atoms with Crippen molar-refractivity contribution in [2.45, 2.75) is 30.8 Å². The van der Waals surface area contributed by atoms with Crippen molar-refractivity contribution in [1.29, 1.82) is 0 Å². The molecular formula is C17H25NO3S. The summed E-state index contributed by atoms with van der Waals surface area (Å²) in [6.07, 6.45) is 3.29. The van der Waals surface area contributed by atoms with Gasteiger partial charge >= 0.3 is 0 Å². The summed E-state index contributed by atoms with van der Waals surface area (Å²) < 4.78 is 5.45. The molecule has 1 aliphatic rings. The lowest BCUT2D eigenvalue weighted by Gasteiger charge is -2.37. The van der Waals surface area contributed by atoms with Crippen LogP contribution in [0.4, 0.5) is 0 Å². The first-order valence-electron chi connectivity index (χ1n) is 7.63. The summed E-state index contributed by atoms with van der Waals surface area (Å²) in [6.45, 7) is 3.19. The van der Waals surface area contributed by atoms with E-state index in [1.807, 2.05) is 36.6 Å². The molecule has 0 aliphatic carbocycles. The zero-order valence-corrected chi connectivity index (χ0v) is 14.1. The summed E-state index contributed by atoms with van der Waals surface area (Å²) in [5.41, 5.74) is -0.409. The van der Waals surface area contributed by atoms with Crippen molar-refractivity contribution in [3.05, 3.63) is 35.9 Å². The second-order valence-electron chi connectivity index (χ2n) is 6.17. The summed E-state index contributed by atoms with van der Waals surface area (Å²) in [6, 6.07) is 9.89. The van der Waals surface area contributed by atoms with Crippen LogP contribution in [-0.2, 0) is 14.9 Å². The molecule has 2 N–H and O–H groups in total. The number of thioether (sulfide) groups is 1. The van der Waals surface area contributed by atoms with E-state index in [0.717, 1.165) is 5.56 Å². The van der Waals surface area contributed by atoms with Crippen LogP contribution in [0.2, 0.25) is 0 Å². The van der Waals surface area contributed by atoms with Crippen molar-refractivity contribution < 1.29 is 14.6 Å². The molecule has 1 atom stereocenters. The van der Waals surface area contributed by atoms with Crippen LogP contribution in [0.25, 0.3) is 0 Å². The minimum atomic E-state index is -0.891. The molecule has 1 fully saturated rings. The van der Waals surface area contributed by atoms with Gasteiger partial charge in [0.2, 0.25) is 5.91 Å². The molecule has 0 saturated carbocycles. The Kier molecular flexibility index (Phi) is 5.89. The fourth-order valence-corrected chi connectivity index (χ4v) is 3.65. The van der Waals surface area contributed by atoms with Gasteiger partial charge in [0.25, 0.3) is 0 Å². The van der Waals surface area contributed by atoms with Gasteiger partial charge in [0.1, 0.15) is 0 Å². The first-order chi connectivity index (χ1) is 10.5. The van der Waals surface area contributed by atoms with E-state index >= 15 is 0 Å². The van der Waals surface area contributed by atoms with Gasteiger partial charge in [-0.05, 0) is 31.6 Å². The Bertz CT molecular complexity index is 484. The number of hydrogen-bond donors (Lipinski definition) is 2. The van der Waals surface area contributed by atoms with E-state index in [-0.39, 0.29) is 12.5 Å². The van der Waals surface area contributed by atoms with E-state index in [4.69, 9.17) is 4.74 Å². The molecule has 122 valence electrons. The maximum absolute atomic E-state index is 12.9. The van der Waals surface area contributed by atoms with Crippen LogP contribution in [0, 0.1) is 0 Å². The number of ether oxygens (including phenoxy) is 1. The highest BCUT2D eigenvalue weighted by Gasteiger charge is 2.42. The number of carbonyl (C=O) groups is 1. The van der Waals surface area contributed by atoms with Gasteiger partial charge in [-0.25, -0.2) is 0 Å². The zero-order chi connectivity index (χ0) is 16.1. The molecule has 22 heavy (non-hydrogen) atoms. The molecule has 1 aliphatic heterocycles. The number of carbonyl (C=O) groups excluding carboxylic acids is 1. The summed E-state index contributed by atoms with van der Waals surface area (Å²) in [5.74, 6) is 0.581. The average molecular weight is 323 g/mol. The minimum Gasteiger partial charge on any atom is -0.387 e. The van der Waals surface area contributed by atoms with Crippen molar-refractivity contribution in [1.82, 2.24) is 5.32 Å². The standard InChI is InChI=1S/C17H25NO3S/c1-16(20,13-22-2)12-18-15(19)17(8-10-21-11-9-17)14-6-4-3-5-7-14/h3-7,20H,8-13H2,1-2H3,(H,18,19). The monoisotopic (exact) mass is 323 g/mol. The lowest BCUT2D eigenvalue weighted by Crippen LogP contribution is -2.52. The molecule has 2 rings (SSSR count). The van der Waals surface area contributed by atoms with E-state index in [9.17, 15) is 9.90 Å². The number of amides is 1. The fourth-order valence-electron chi connectivity index (χ4n) is 2.93. The summed E-state index contributed by atoms with van der Waals surface area (Å²) in [4.78, 5) is 12.9. The second-order valence-corrected chi connectivity index (χ2v) is 7.04. The molecule has 4 nitrogen and oxygen atoms in total. The highest BCUT2D eigenvalue weighted by atomic mass is 32.2. The number of rotatable bonds is 6. The average Bonchev–Trinajstić information content (AvgIpc) is 2.54. The normalized spacial score (nSPS) is 20.1. The molecule has 0 bridgehead atoms. The predicted octanol–water partition coefficient (Wildman–Crippen LogP) is 1.96. The second kappa shape index (κ2) is 7.49. The molecule has 5 heteroatoms. The van der Waals surface area contributed by atoms with Crippen LogP contribution < -0.4 is 5.32 Å². The fraction of sp³-hybridized carbons (Fsp3) is 0.588. The van der Waals surface area contributed by atoms with Crippen LogP contribution in [0.1, 0.15) is 25.3 Å². The Morgan fingerprint density at radius 3 is 2.59 bits per heavy atom. The Balaban J connectivity index is 2.14. The molecule has 1 amide bonds. The first kappa shape index (κ1) is 17.3. The molecular weight excluding hydrogens is 298 g/mol. The third kappa shape index (κ3) is 4.03. The van der Waals surface area contributed by atoms with Crippen LogP contribution in [0.5, 0.6) is 0 Å². The van der Waals surface area contributed by atoms with Gasteiger partial charge < -0.3 is 15.2 Å². The molecule has 1 aromatic rings. The Labute approximate surface area is 136 Å². The number of benzene rings is 1. The summed E-state index contributed by atoms with van der Waals surface area (Å²) in [5, 5.41) is 13.2. The van der Waals surface area contributed by atoms with Gasteiger partial charge in [-0.15, -0.1) is 0 Å². The zero-order valence-electron chi connectivity index (χ0n) is 13.3. The lowest BCUT2D eigenvalue weighted by atomic mass is 9.73. The maximum Gasteiger partial charge on any atom is 0.230 e. The van der Waals surface area contributed by atoms with Gasteiger partial charge in [0, 0.05) is 25.5 Å². The van der Waals surface area contributed by atoms with Gasteiger partial charge in [-0.3, -0.25) is 4.79 Å². The van der Waals surface area contributed by atoms with E-state index < -0.39 is 11.0 Å². The number of nitrogens with one attached hydrogen (secondary N) is 1. The van der Waals surface area contributed by atoms with Crippen LogP contribution in [-0.4, -0.2) is 48.4 Å². The molecule has 0 aromatic heterocycles. The smallest absolute Gasteiger partial charge is 0.230 e.